The van der Waals surface area contributed by atoms with Crippen LogP contribution in [0.1, 0.15) is 58.8 Å². The summed E-state index contributed by atoms with van der Waals surface area (Å²) in [5.41, 5.74) is 0.516. The highest BCUT2D eigenvalue weighted by molar-refractivity contribution is 4.97. The lowest BCUT2D eigenvalue weighted by Crippen LogP contribution is -2.24. The molecule has 0 aromatic heterocycles. The maximum atomic E-state index is 4.03. The largest absolute Gasteiger partial charge is 0.103 e. The minimum Gasteiger partial charge on any atom is -0.103 e. The fourth-order valence-electron chi connectivity index (χ4n) is 2.42. The van der Waals surface area contributed by atoms with Gasteiger partial charge in [0.15, 0.2) is 0 Å². The van der Waals surface area contributed by atoms with E-state index in [1.807, 2.05) is 0 Å². The molecule has 1 aliphatic carbocycles. The van der Waals surface area contributed by atoms with Crippen LogP contribution < -0.4 is 0 Å². The van der Waals surface area contributed by atoms with Crippen molar-refractivity contribution >= 4 is 0 Å². The molecule has 1 aliphatic rings. The molecule has 0 N–H and O–H groups in total. The van der Waals surface area contributed by atoms with E-state index in [2.05, 4.69) is 26.5 Å². The molecule has 13 heavy (non-hydrogen) atoms. The van der Waals surface area contributed by atoms with Crippen molar-refractivity contribution in [1.82, 2.24) is 0 Å². The van der Waals surface area contributed by atoms with E-state index < -0.39 is 0 Å². The Labute approximate surface area is 83.4 Å². The molecule has 0 unspecified atom stereocenters. The first kappa shape index (κ1) is 10.8. The SMILES string of the molecule is C=CC1(CCCC)CCC(C)CC1. The third kappa shape index (κ3) is 2.86. The highest BCUT2D eigenvalue weighted by Gasteiger charge is 2.30. The van der Waals surface area contributed by atoms with Crippen LogP contribution >= 0.6 is 0 Å². The van der Waals surface area contributed by atoms with E-state index in [1.54, 1.807) is 0 Å². The lowest BCUT2D eigenvalue weighted by molar-refractivity contribution is 0.194. The quantitative estimate of drug-likeness (QED) is 0.556. The number of rotatable bonds is 4. The predicted octanol–water partition coefficient (Wildman–Crippen LogP) is 4.56. The molecular weight excluding hydrogens is 156 g/mol. The summed E-state index contributed by atoms with van der Waals surface area (Å²) in [7, 11) is 0. The average molecular weight is 180 g/mol. The fourth-order valence-corrected chi connectivity index (χ4v) is 2.42. The van der Waals surface area contributed by atoms with Crippen molar-refractivity contribution in [3.05, 3.63) is 12.7 Å². The van der Waals surface area contributed by atoms with Crippen LogP contribution in [0.3, 0.4) is 0 Å². The van der Waals surface area contributed by atoms with Gasteiger partial charge in [-0.25, -0.2) is 0 Å². The molecule has 0 spiro atoms. The lowest BCUT2D eigenvalue weighted by atomic mass is 9.68. The molecule has 0 saturated heterocycles. The van der Waals surface area contributed by atoms with Crippen LogP contribution in [0.2, 0.25) is 0 Å². The van der Waals surface area contributed by atoms with Crippen molar-refractivity contribution in [3.63, 3.8) is 0 Å². The van der Waals surface area contributed by atoms with Gasteiger partial charge in [0.2, 0.25) is 0 Å². The molecule has 0 heteroatoms. The van der Waals surface area contributed by atoms with Crippen molar-refractivity contribution < 1.29 is 0 Å². The Morgan fingerprint density at radius 3 is 2.46 bits per heavy atom. The predicted molar refractivity (Wildman–Crippen MR) is 59.8 cm³/mol. The maximum Gasteiger partial charge on any atom is -0.0121 e. The lowest BCUT2D eigenvalue weighted by Gasteiger charge is -2.37. The Morgan fingerprint density at radius 1 is 1.38 bits per heavy atom. The van der Waals surface area contributed by atoms with Crippen LogP contribution in [0.4, 0.5) is 0 Å². The van der Waals surface area contributed by atoms with Gasteiger partial charge in [-0.2, -0.15) is 0 Å². The summed E-state index contributed by atoms with van der Waals surface area (Å²) in [6, 6.07) is 0. The summed E-state index contributed by atoms with van der Waals surface area (Å²) in [5.74, 6) is 0.953. The van der Waals surface area contributed by atoms with Crippen molar-refractivity contribution in [1.29, 1.82) is 0 Å². The molecule has 0 aromatic rings. The Balaban J connectivity index is 2.45. The second-order valence-electron chi connectivity index (χ2n) is 4.85. The van der Waals surface area contributed by atoms with E-state index in [9.17, 15) is 0 Å². The first-order valence-electron chi connectivity index (χ1n) is 5.86. The molecule has 0 atom stereocenters. The third-order valence-electron chi connectivity index (χ3n) is 3.73. The van der Waals surface area contributed by atoms with Crippen molar-refractivity contribution in [3.8, 4) is 0 Å². The van der Waals surface area contributed by atoms with Gasteiger partial charge in [-0.05, 0) is 43.4 Å². The van der Waals surface area contributed by atoms with Gasteiger partial charge in [0.1, 0.15) is 0 Å². The highest BCUT2D eigenvalue weighted by atomic mass is 14.3. The van der Waals surface area contributed by atoms with Gasteiger partial charge in [-0.15, -0.1) is 6.58 Å². The number of unbranched alkanes of at least 4 members (excludes halogenated alkanes) is 1. The molecule has 0 bridgehead atoms. The van der Waals surface area contributed by atoms with Crippen LogP contribution in [0.5, 0.6) is 0 Å². The topological polar surface area (TPSA) is 0 Å². The van der Waals surface area contributed by atoms with Gasteiger partial charge in [-0.1, -0.05) is 32.8 Å². The van der Waals surface area contributed by atoms with Gasteiger partial charge in [0, 0.05) is 0 Å². The fraction of sp³-hybridized carbons (Fsp3) is 0.846. The molecule has 0 heterocycles. The first-order valence-corrected chi connectivity index (χ1v) is 5.86. The zero-order valence-corrected chi connectivity index (χ0v) is 9.31. The van der Waals surface area contributed by atoms with Crippen LogP contribution in [0.25, 0.3) is 0 Å². The van der Waals surface area contributed by atoms with Gasteiger partial charge in [0.05, 0.1) is 0 Å². The number of allylic oxidation sites excluding steroid dienone is 1. The van der Waals surface area contributed by atoms with E-state index in [4.69, 9.17) is 0 Å². The maximum absolute atomic E-state index is 4.03. The van der Waals surface area contributed by atoms with E-state index in [0.29, 0.717) is 5.41 Å². The smallest absolute Gasteiger partial charge is 0.0121 e. The summed E-state index contributed by atoms with van der Waals surface area (Å²) in [6.45, 7) is 8.70. The molecule has 0 radical (unpaired) electrons. The summed E-state index contributed by atoms with van der Waals surface area (Å²) in [5, 5.41) is 0. The zero-order valence-electron chi connectivity index (χ0n) is 9.31. The van der Waals surface area contributed by atoms with Gasteiger partial charge >= 0.3 is 0 Å². The number of hydrogen-bond acceptors (Lipinski definition) is 0. The van der Waals surface area contributed by atoms with E-state index >= 15 is 0 Å². The second-order valence-corrected chi connectivity index (χ2v) is 4.85. The molecule has 1 fully saturated rings. The minimum atomic E-state index is 0.516. The summed E-state index contributed by atoms with van der Waals surface area (Å²) < 4.78 is 0. The van der Waals surface area contributed by atoms with Gasteiger partial charge < -0.3 is 0 Å². The molecule has 76 valence electrons. The van der Waals surface area contributed by atoms with Crippen molar-refractivity contribution in [2.75, 3.05) is 0 Å². The normalized spacial score (nSPS) is 34.5. The van der Waals surface area contributed by atoms with Gasteiger partial charge in [-0.3, -0.25) is 0 Å². The Hall–Kier alpha value is -0.260. The highest BCUT2D eigenvalue weighted by Crippen LogP contribution is 2.43. The Kier molecular flexibility index (Phi) is 4.02. The minimum absolute atomic E-state index is 0.516. The molecule has 0 amide bonds. The molecule has 0 nitrogen and oxygen atoms in total. The van der Waals surface area contributed by atoms with E-state index in [-0.39, 0.29) is 0 Å². The average Bonchev–Trinajstić information content (AvgIpc) is 2.18. The molecule has 1 saturated carbocycles. The summed E-state index contributed by atoms with van der Waals surface area (Å²) in [6.07, 6.45) is 11.9. The zero-order chi connectivity index (χ0) is 9.73. The van der Waals surface area contributed by atoms with E-state index in [1.165, 1.54) is 44.9 Å². The number of hydrogen-bond donors (Lipinski definition) is 0. The van der Waals surface area contributed by atoms with Crippen LogP contribution in [-0.4, -0.2) is 0 Å². The summed E-state index contributed by atoms with van der Waals surface area (Å²) >= 11 is 0. The van der Waals surface area contributed by atoms with Crippen molar-refractivity contribution in [2.45, 2.75) is 58.8 Å². The molecule has 0 aromatic carbocycles. The van der Waals surface area contributed by atoms with Crippen molar-refractivity contribution in [2.24, 2.45) is 11.3 Å². The molecule has 1 rings (SSSR count). The monoisotopic (exact) mass is 180 g/mol. The van der Waals surface area contributed by atoms with E-state index in [0.717, 1.165) is 5.92 Å². The van der Waals surface area contributed by atoms with Crippen LogP contribution in [-0.2, 0) is 0 Å². The van der Waals surface area contributed by atoms with Gasteiger partial charge in [0.25, 0.3) is 0 Å². The van der Waals surface area contributed by atoms with Crippen LogP contribution in [0.15, 0.2) is 12.7 Å². The molecule has 0 aliphatic heterocycles. The first-order chi connectivity index (χ1) is 6.22. The second kappa shape index (κ2) is 4.83. The standard InChI is InChI=1S/C13H24/c1-4-6-9-13(5-2)10-7-12(3)8-11-13/h5,12H,2,4,6-11H2,1,3H3. The Bertz CT molecular complexity index is 144. The third-order valence-corrected chi connectivity index (χ3v) is 3.73. The molecular formula is C13H24. The van der Waals surface area contributed by atoms with Crippen LogP contribution in [0, 0.1) is 11.3 Å². The summed E-state index contributed by atoms with van der Waals surface area (Å²) in [4.78, 5) is 0. The Morgan fingerprint density at radius 2 is 2.00 bits per heavy atom.